The van der Waals surface area contributed by atoms with Crippen LogP contribution in [0.2, 0.25) is 0 Å². The highest BCUT2D eigenvalue weighted by Gasteiger charge is 2.26. The summed E-state index contributed by atoms with van der Waals surface area (Å²) in [6.07, 6.45) is 11.6. The minimum Gasteiger partial charge on any atom is -0.352 e. The van der Waals surface area contributed by atoms with E-state index < -0.39 is 0 Å². The van der Waals surface area contributed by atoms with Crippen LogP contribution in [0, 0.1) is 5.92 Å². The Labute approximate surface area is 129 Å². The van der Waals surface area contributed by atoms with Gasteiger partial charge in [0.25, 0.3) is 0 Å². The van der Waals surface area contributed by atoms with Crippen molar-refractivity contribution in [3.05, 3.63) is 0 Å². The van der Waals surface area contributed by atoms with E-state index in [4.69, 9.17) is 0 Å². The molecule has 3 aliphatic rings. The zero-order valence-corrected chi connectivity index (χ0v) is 13.3. The lowest BCUT2D eigenvalue weighted by atomic mass is 9.95. The van der Waals surface area contributed by atoms with Gasteiger partial charge in [0.1, 0.15) is 0 Å². The number of amides is 1. The molecule has 2 saturated carbocycles. The number of hydrogen-bond acceptors (Lipinski definition) is 3. The third-order valence-corrected chi connectivity index (χ3v) is 5.21. The van der Waals surface area contributed by atoms with E-state index in [1.54, 1.807) is 0 Å². The summed E-state index contributed by atoms with van der Waals surface area (Å²) < 4.78 is 0. The topological polar surface area (TPSA) is 44.4 Å². The maximum Gasteiger partial charge on any atom is 0.234 e. The molecule has 120 valence electrons. The van der Waals surface area contributed by atoms with Crippen molar-refractivity contribution in [2.45, 2.75) is 69.9 Å². The van der Waals surface area contributed by atoms with Gasteiger partial charge in [-0.15, -0.1) is 0 Å². The number of carbonyl (C=O) groups excluding carboxylic acids is 1. The number of carbonyl (C=O) groups is 1. The summed E-state index contributed by atoms with van der Waals surface area (Å²) in [5, 5.41) is 6.88. The van der Waals surface area contributed by atoms with E-state index in [0.717, 1.165) is 31.6 Å². The molecule has 21 heavy (non-hydrogen) atoms. The first kappa shape index (κ1) is 15.3. The van der Waals surface area contributed by atoms with E-state index in [0.29, 0.717) is 12.6 Å². The Morgan fingerprint density at radius 2 is 1.76 bits per heavy atom. The van der Waals surface area contributed by atoms with Gasteiger partial charge in [0.2, 0.25) is 5.91 Å². The average Bonchev–Trinajstić information content (AvgIpc) is 3.31. The molecule has 1 amide bonds. The Bertz CT molecular complexity index is 337. The van der Waals surface area contributed by atoms with Crippen molar-refractivity contribution in [1.82, 2.24) is 15.5 Å². The molecule has 0 aromatic heterocycles. The zero-order valence-electron chi connectivity index (χ0n) is 13.3. The van der Waals surface area contributed by atoms with Gasteiger partial charge in [-0.1, -0.05) is 19.3 Å². The van der Waals surface area contributed by atoms with Crippen molar-refractivity contribution in [2.24, 2.45) is 5.92 Å². The molecular weight excluding hydrogens is 262 g/mol. The van der Waals surface area contributed by atoms with Gasteiger partial charge < -0.3 is 10.6 Å². The van der Waals surface area contributed by atoms with E-state index in [9.17, 15) is 4.79 Å². The van der Waals surface area contributed by atoms with E-state index in [-0.39, 0.29) is 5.91 Å². The molecule has 4 nitrogen and oxygen atoms in total. The molecule has 3 fully saturated rings. The largest absolute Gasteiger partial charge is 0.352 e. The molecule has 0 aromatic carbocycles. The van der Waals surface area contributed by atoms with Gasteiger partial charge in [-0.3, -0.25) is 9.69 Å². The first-order chi connectivity index (χ1) is 10.3. The highest BCUT2D eigenvalue weighted by atomic mass is 16.2. The number of likely N-dealkylation sites (tertiary alicyclic amines) is 1. The summed E-state index contributed by atoms with van der Waals surface area (Å²) in [5.41, 5.74) is 0. The smallest absolute Gasteiger partial charge is 0.234 e. The highest BCUT2D eigenvalue weighted by Crippen LogP contribution is 2.21. The minimum absolute atomic E-state index is 0.248. The van der Waals surface area contributed by atoms with E-state index in [1.807, 2.05) is 0 Å². The zero-order chi connectivity index (χ0) is 14.5. The van der Waals surface area contributed by atoms with Crippen molar-refractivity contribution in [2.75, 3.05) is 26.2 Å². The van der Waals surface area contributed by atoms with Crippen LogP contribution < -0.4 is 10.6 Å². The molecule has 1 heterocycles. The van der Waals surface area contributed by atoms with Crippen LogP contribution in [0.1, 0.15) is 57.8 Å². The quantitative estimate of drug-likeness (QED) is 0.786. The van der Waals surface area contributed by atoms with Gasteiger partial charge in [0.15, 0.2) is 0 Å². The van der Waals surface area contributed by atoms with Gasteiger partial charge in [-0.2, -0.15) is 0 Å². The number of hydrogen-bond donors (Lipinski definition) is 2. The SMILES string of the molecule is O=C(CN1CCCC(CNC2CC2)C1)NC1CCCCC1. The second-order valence-electron chi connectivity index (χ2n) is 7.33. The fourth-order valence-electron chi connectivity index (χ4n) is 3.81. The fraction of sp³-hybridized carbons (Fsp3) is 0.941. The molecule has 2 aliphatic carbocycles. The van der Waals surface area contributed by atoms with E-state index in [1.165, 1.54) is 57.8 Å². The summed E-state index contributed by atoms with van der Waals surface area (Å²) >= 11 is 0. The minimum atomic E-state index is 0.248. The normalized spacial score (nSPS) is 28.5. The Hall–Kier alpha value is -0.610. The van der Waals surface area contributed by atoms with Gasteiger partial charge in [-0.05, 0) is 57.5 Å². The summed E-state index contributed by atoms with van der Waals surface area (Å²) in [7, 11) is 0. The molecule has 4 heteroatoms. The third kappa shape index (κ3) is 5.26. The van der Waals surface area contributed by atoms with Gasteiger partial charge in [0.05, 0.1) is 6.54 Å². The lowest BCUT2D eigenvalue weighted by Gasteiger charge is -2.33. The summed E-state index contributed by atoms with van der Waals surface area (Å²) in [5.74, 6) is 0.986. The van der Waals surface area contributed by atoms with Crippen molar-refractivity contribution in [3.8, 4) is 0 Å². The molecule has 3 rings (SSSR count). The van der Waals surface area contributed by atoms with Crippen molar-refractivity contribution >= 4 is 5.91 Å². The predicted molar refractivity (Wildman–Crippen MR) is 85.2 cm³/mol. The molecule has 0 spiro atoms. The standard InChI is InChI=1S/C17H31N3O/c21-17(19-16-6-2-1-3-7-16)13-20-10-4-5-14(12-20)11-18-15-8-9-15/h14-16,18H,1-13H2,(H,19,21). The van der Waals surface area contributed by atoms with Crippen LogP contribution in [-0.4, -0.2) is 49.1 Å². The van der Waals surface area contributed by atoms with Crippen LogP contribution in [0.25, 0.3) is 0 Å². The number of piperidine rings is 1. The van der Waals surface area contributed by atoms with E-state index >= 15 is 0 Å². The molecule has 2 N–H and O–H groups in total. The van der Waals surface area contributed by atoms with Crippen LogP contribution in [-0.2, 0) is 4.79 Å². The second-order valence-corrected chi connectivity index (χ2v) is 7.33. The Morgan fingerprint density at radius 3 is 2.52 bits per heavy atom. The molecule has 1 atom stereocenters. The molecule has 0 radical (unpaired) electrons. The Morgan fingerprint density at radius 1 is 0.952 bits per heavy atom. The Balaban J connectivity index is 1.35. The van der Waals surface area contributed by atoms with Crippen LogP contribution in [0.5, 0.6) is 0 Å². The van der Waals surface area contributed by atoms with Crippen molar-refractivity contribution in [1.29, 1.82) is 0 Å². The maximum absolute atomic E-state index is 12.2. The fourth-order valence-corrected chi connectivity index (χ4v) is 3.81. The summed E-state index contributed by atoms with van der Waals surface area (Å²) in [6.45, 7) is 3.94. The first-order valence-corrected chi connectivity index (χ1v) is 9.05. The molecule has 0 bridgehead atoms. The monoisotopic (exact) mass is 293 g/mol. The summed E-state index contributed by atoms with van der Waals surface area (Å²) in [6, 6.07) is 1.25. The number of rotatable bonds is 6. The van der Waals surface area contributed by atoms with Crippen LogP contribution >= 0.6 is 0 Å². The lowest BCUT2D eigenvalue weighted by Crippen LogP contribution is -2.47. The Kier molecular flexibility index (Phi) is 5.53. The van der Waals surface area contributed by atoms with Gasteiger partial charge in [0, 0.05) is 18.6 Å². The second kappa shape index (κ2) is 7.59. The molecule has 1 unspecified atom stereocenters. The molecular formula is C17H31N3O. The van der Waals surface area contributed by atoms with Gasteiger partial charge in [-0.25, -0.2) is 0 Å². The lowest BCUT2D eigenvalue weighted by molar-refractivity contribution is -0.123. The molecule has 1 saturated heterocycles. The number of nitrogens with one attached hydrogen (secondary N) is 2. The van der Waals surface area contributed by atoms with Crippen LogP contribution in [0.15, 0.2) is 0 Å². The summed E-state index contributed by atoms with van der Waals surface area (Å²) in [4.78, 5) is 14.6. The van der Waals surface area contributed by atoms with Crippen molar-refractivity contribution < 1.29 is 4.79 Å². The first-order valence-electron chi connectivity index (χ1n) is 9.05. The highest BCUT2D eigenvalue weighted by molar-refractivity contribution is 5.78. The third-order valence-electron chi connectivity index (χ3n) is 5.21. The van der Waals surface area contributed by atoms with Crippen LogP contribution in [0.4, 0.5) is 0 Å². The average molecular weight is 293 g/mol. The van der Waals surface area contributed by atoms with Gasteiger partial charge >= 0.3 is 0 Å². The molecule has 1 aliphatic heterocycles. The van der Waals surface area contributed by atoms with Crippen molar-refractivity contribution in [3.63, 3.8) is 0 Å². The number of nitrogens with zero attached hydrogens (tertiary/aromatic N) is 1. The maximum atomic E-state index is 12.2. The predicted octanol–water partition coefficient (Wildman–Crippen LogP) is 1.90. The van der Waals surface area contributed by atoms with Crippen LogP contribution in [0.3, 0.4) is 0 Å². The van der Waals surface area contributed by atoms with E-state index in [2.05, 4.69) is 15.5 Å². The molecule has 0 aromatic rings.